The second-order valence-corrected chi connectivity index (χ2v) is 6.72. The average Bonchev–Trinajstić information content (AvgIpc) is 3.19. The minimum absolute atomic E-state index is 0.196. The summed E-state index contributed by atoms with van der Waals surface area (Å²) in [6.45, 7) is 0.446. The van der Waals surface area contributed by atoms with Crippen LogP contribution in [0.1, 0.15) is 16.1 Å². The van der Waals surface area contributed by atoms with Gasteiger partial charge in [0.1, 0.15) is 5.69 Å². The quantitative estimate of drug-likeness (QED) is 0.516. The van der Waals surface area contributed by atoms with Gasteiger partial charge in [-0.25, -0.2) is 4.68 Å². The minimum Gasteiger partial charge on any atom is -0.347 e. The molecule has 0 bridgehead atoms. The third-order valence-electron chi connectivity index (χ3n) is 4.39. The number of carbonyl (C=O) groups excluding carboxylic acids is 1. The van der Waals surface area contributed by atoms with Gasteiger partial charge in [-0.05, 0) is 29.8 Å². The number of carbonyl (C=O) groups is 1. The van der Waals surface area contributed by atoms with Gasteiger partial charge < -0.3 is 5.32 Å². The molecular formula is C23H18ClN3O. The summed E-state index contributed by atoms with van der Waals surface area (Å²) >= 11 is 6.34. The smallest absolute Gasteiger partial charge is 0.270 e. The van der Waals surface area contributed by atoms with Crippen LogP contribution in [-0.4, -0.2) is 15.7 Å². The normalized spacial score (nSPS) is 10.6. The highest BCUT2D eigenvalue weighted by Gasteiger charge is 2.18. The number of nitrogens with one attached hydrogen (secondary N) is 1. The predicted octanol–water partition coefficient (Wildman–Crippen LogP) is 5.12. The molecule has 4 nitrogen and oxygen atoms in total. The zero-order chi connectivity index (χ0) is 19.3. The Bertz CT molecular complexity index is 1090. The Morgan fingerprint density at radius 3 is 2.25 bits per heavy atom. The SMILES string of the molecule is O=C(NCc1ccccc1)c1cc(-c2ccccc2Cl)nn1-c1ccccc1. The first-order chi connectivity index (χ1) is 13.7. The summed E-state index contributed by atoms with van der Waals surface area (Å²) in [6.07, 6.45) is 0. The van der Waals surface area contributed by atoms with Crippen molar-refractivity contribution in [1.29, 1.82) is 0 Å². The minimum atomic E-state index is -0.196. The maximum atomic E-state index is 12.9. The molecule has 0 saturated carbocycles. The fraction of sp³-hybridized carbons (Fsp3) is 0.0435. The Morgan fingerprint density at radius 1 is 0.893 bits per heavy atom. The first-order valence-corrected chi connectivity index (χ1v) is 9.33. The standard InChI is InChI=1S/C23H18ClN3O/c24-20-14-8-7-13-19(20)21-15-22(27(26-21)18-11-5-2-6-12-18)23(28)25-16-17-9-3-1-4-10-17/h1-15H,16H2,(H,25,28). The fourth-order valence-electron chi connectivity index (χ4n) is 2.98. The first kappa shape index (κ1) is 18.0. The van der Waals surface area contributed by atoms with Crippen LogP contribution in [0.5, 0.6) is 0 Å². The third-order valence-corrected chi connectivity index (χ3v) is 4.72. The van der Waals surface area contributed by atoms with E-state index in [0.717, 1.165) is 16.8 Å². The number of amides is 1. The van der Waals surface area contributed by atoms with Crippen LogP contribution in [0, 0.1) is 0 Å². The number of aromatic nitrogens is 2. The zero-order valence-electron chi connectivity index (χ0n) is 15.0. The van der Waals surface area contributed by atoms with E-state index < -0.39 is 0 Å². The van der Waals surface area contributed by atoms with Gasteiger partial charge in [0.25, 0.3) is 5.91 Å². The van der Waals surface area contributed by atoms with Crippen LogP contribution in [0.4, 0.5) is 0 Å². The van der Waals surface area contributed by atoms with Gasteiger partial charge in [-0.15, -0.1) is 0 Å². The summed E-state index contributed by atoms with van der Waals surface area (Å²) in [5.41, 5.74) is 3.74. The van der Waals surface area contributed by atoms with Crippen LogP contribution >= 0.6 is 11.6 Å². The van der Waals surface area contributed by atoms with Crippen molar-refractivity contribution in [2.24, 2.45) is 0 Å². The van der Waals surface area contributed by atoms with Crippen LogP contribution in [0.3, 0.4) is 0 Å². The van der Waals surface area contributed by atoms with E-state index in [1.165, 1.54) is 0 Å². The third kappa shape index (κ3) is 3.82. The molecule has 0 aliphatic carbocycles. The van der Waals surface area contributed by atoms with Crippen LogP contribution < -0.4 is 5.32 Å². The maximum Gasteiger partial charge on any atom is 0.270 e. The predicted molar refractivity (Wildman–Crippen MR) is 112 cm³/mol. The van der Waals surface area contributed by atoms with E-state index in [0.29, 0.717) is 23.0 Å². The molecule has 4 aromatic rings. The van der Waals surface area contributed by atoms with Crippen molar-refractivity contribution in [1.82, 2.24) is 15.1 Å². The fourth-order valence-corrected chi connectivity index (χ4v) is 3.21. The molecule has 1 heterocycles. The van der Waals surface area contributed by atoms with Crippen molar-refractivity contribution >= 4 is 17.5 Å². The van der Waals surface area contributed by atoms with E-state index >= 15 is 0 Å². The summed E-state index contributed by atoms with van der Waals surface area (Å²) in [7, 11) is 0. The van der Waals surface area contributed by atoms with Crippen LogP contribution in [0.15, 0.2) is 91.0 Å². The second kappa shape index (κ2) is 8.11. The Balaban J connectivity index is 1.70. The van der Waals surface area contributed by atoms with Gasteiger partial charge in [0.15, 0.2) is 0 Å². The van der Waals surface area contributed by atoms with Gasteiger partial charge in [0, 0.05) is 12.1 Å². The van der Waals surface area contributed by atoms with Crippen LogP contribution in [0.25, 0.3) is 16.9 Å². The molecule has 28 heavy (non-hydrogen) atoms. The highest BCUT2D eigenvalue weighted by atomic mass is 35.5. The number of hydrogen-bond donors (Lipinski definition) is 1. The van der Waals surface area contributed by atoms with Gasteiger partial charge in [-0.2, -0.15) is 5.10 Å². The highest BCUT2D eigenvalue weighted by molar-refractivity contribution is 6.33. The van der Waals surface area contributed by atoms with Gasteiger partial charge >= 0.3 is 0 Å². The number of para-hydroxylation sites is 1. The Hall–Kier alpha value is -3.37. The largest absolute Gasteiger partial charge is 0.347 e. The van der Waals surface area contributed by atoms with E-state index in [2.05, 4.69) is 10.4 Å². The molecule has 0 aliphatic heterocycles. The Kier molecular flexibility index (Phi) is 5.22. The summed E-state index contributed by atoms with van der Waals surface area (Å²) in [5, 5.41) is 8.22. The van der Waals surface area contributed by atoms with E-state index in [1.54, 1.807) is 10.7 Å². The second-order valence-electron chi connectivity index (χ2n) is 6.31. The van der Waals surface area contributed by atoms with Crippen molar-refractivity contribution in [2.45, 2.75) is 6.54 Å². The monoisotopic (exact) mass is 387 g/mol. The van der Waals surface area contributed by atoms with Gasteiger partial charge in [0.2, 0.25) is 0 Å². The van der Waals surface area contributed by atoms with Crippen LogP contribution in [0.2, 0.25) is 5.02 Å². The van der Waals surface area contributed by atoms with Crippen LogP contribution in [-0.2, 0) is 6.54 Å². The lowest BCUT2D eigenvalue weighted by atomic mass is 10.1. The molecule has 3 aromatic carbocycles. The number of benzene rings is 3. The van der Waals surface area contributed by atoms with Crippen molar-refractivity contribution in [3.8, 4) is 16.9 Å². The topological polar surface area (TPSA) is 46.9 Å². The van der Waals surface area contributed by atoms with Crippen molar-refractivity contribution in [3.05, 3.63) is 107 Å². The molecule has 0 unspecified atom stereocenters. The lowest BCUT2D eigenvalue weighted by Gasteiger charge is -2.08. The van der Waals surface area contributed by atoms with E-state index in [-0.39, 0.29) is 5.91 Å². The molecule has 4 rings (SSSR count). The molecule has 0 atom stereocenters. The number of rotatable bonds is 5. The molecular weight excluding hydrogens is 370 g/mol. The molecule has 1 aromatic heterocycles. The van der Waals surface area contributed by atoms with Crippen molar-refractivity contribution in [3.63, 3.8) is 0 Å². The number of halogens is 1. The summed E-state index contributed by atoms with van der Waals surface area (Å²) in [6, 6.07) is 28.6. The molecule has 5 heteroatoms. The first-order valence-electron chi connectivity index (χ1n) is 8.95. The van der Waals surface area contributed by atoms with E-state index in [9.17, 15) is 4.79 Å². The molecule has 0 spiro atoms. The zero-order valence-corrected chi connectivity index (χ0v) is 15.8. The van der Waals surface area contributed by atoms with Crippen molar-refractivity contribution in [2.75, 3.05) is 0 Å². The molecule has 1 N–H and O–H groups in total. The molecule has 138 valence electrons. The van der Waals surface area contributed by atoms with E-state index in [1.807, 2.05) is 84.9 Å². The summed E-state index contributed by atoms with van der Waals surface area (Å²) in [4.78, 5) is 12.9. The lowest BCUT2D eigenvalue weighted by molar-refractivity contribution is 0.0943. The molecule has 0 fully saturated rings. The van der Waals surface area contributed by atoms with Crippen molar-refractivity contribution < 1.29 is 4.79 Å². The lowest BCUT2D eigenvalue weighted by Crippen LogP contribution is -2.25. The van der Waals surface area contributed by atoms with Gasteiger partial charge in [-0.1, -0.05) is 78.3 Å². The van der Waals surface area contributed by atoms with Gasteiger partial charge in [-0.3, -0.25) is 4.79 Å². The molecule has 1 amide bonds. The number of hydrogen-bond acceptors (Lipinski definition) is 2. The summed E-state index contributed by atoms with van der Waals surface area (Å²) in [5.74, 6) is -0.196. The molecule has 0 radical (unpaired) electrons. The van der Waals surface area contributed by atoms with E-state index in [4.69, 9.17) is 11.6 Å². The number of nitrogens with zero attached hydrogens (tertiary/aromatic N) is 2. The maximum absolute atomic E-state index is 12.9. The molecule has 0 aliphatic rings. The average molecular weight is 388 g/mol. The van der Waals surface area contributed by atoms with Gasteiger partial charge in [0.05, 0.1) is 16.4 Å². The highest BCUT2D eigenvalue weighted by Crippen LogP contribution is 2.28. The Labute approximate surface area is 168 Å². The Morgan fingerprint density at radius 2 is 1.54 bits per heavy atom. The summed E-state index contributed by atoms with van der Waals surface area (Å²) < 4.78 is 1.65. The molecule has 0 saturated heterocycles.